The van der Waals surface area contributed by atoms with Gasteiger partial charge in [-0.2, -0.15) is 0 Å². The SMILES string of the molecule is O[C@H]1CCCN[C@@H]1CCCn1cnc2c(Br)cccc21. The summed E-state index contributed by atoms with van der Waals surface area (Å²) >= 11 is 3.53. The predicted octanol–water partition coefficient (Wildman–Crippen LogP) is 2.69. The Bertz CT molecular complexity index is 584. The lowest BCUT2D eigenvalue weighted by Crippen LogP contribution is -2.44. The lowest BCUT2D eigenvalue weighted by molar-refractivity contribution is 0.0909. The highest BCUT2D eigenvalue weighted by Crippen LogP contribution is 2.22. The van der Waals surface area contributed by atoms with Crippen molar-refractivity contribution in [3.8, 4) is 0 Å². The van der Waals surface area contributed by atoms with Crippen molar-refractivity contribution in [3.05, 3.63) is 29.0 Å². The number of aliphatic hydroxyl groups is 1. The van der Waals surface area contributed by atoms with E-state index in [2.05, 4.69) is 36.9 Å². The molecule has 20 heavy (non-hydrogen) atoms. The lowest BCUT2D eigenvalue weighted by atomic mass is 9.97. The first kappa shape index (κ1) is 14.0. The van der Waals surface area contributed by atoms with Crippen LogP contribution in [0.15, 0.2) is 29.0 Å². The molecule has 1 aromatic carbocycles. The molecule has 0 saturated carbocycles. The zero-order chi connectivity index (χ0) is 13.9. The van der Waals surface area contributed by atoms with Gasteiger partial charge in [-0.25, -0.2) is 4.98 Å². The summed E-state index contributed by atoms with van der Waals surface area (Å²) < 4.78 is 3.23. The van der Waals surface area contributed by atoms with Crippen molar-refractivity contribution in [2.24, 2.45) is 0 Å². The fourth-order valence-electron chi connectivity index (χ4n) is 2.94. The minimum atomic E-state index is -0.183. The van der Waals surface area contributed by atoms with Crippen molar-refractivity contribution < 1.29 is 5.11 Å². The third-order valence-electron chi connectivity index (χ3n) is 4.06. The van der Waals surface area contributed by atoms with Gasteiger partial charge in [0.25, 0.3) is 0 Å². The average Bonchev–Trinajstić information content (AvgIpc) is 2.86. The van der Waals surface area contributed by atoms with E-state index in [1.165, 1.54) is 0 Å². The van der Waals surface area contributed by atoms with E-state index in [4.69, 9.17) is 0 Å². The highest BCUT2D eigenvalue weighted by molar-refractivity contribution is 9.10. The maximum Gasteiger partial charge on any atom is 0.103 e. The Morgan fingerprint density at radius 2 is 2.35 bits per heavy atom. The van der Waals surface area contributed by atoms with Crippen LogP contribution in [0.25, 0.3) is 11.0 Å². The molecule has 1 fully saturated rings. The van der Waals surface area contributed by atoms with Crippen molar-refractivity contribution in [2.45, 2.75) is 44.4 Å². The van der Waals surface area contributed by atoms with E-state index in [0.717, 1.165) is 54.3 Å². The van der Waals surface area contributed by atoms with Crippen LogP contribution in [0.3, 0.4) is 0 Å². The Morgan fingerprint density at radius 3 is 3.20 bits per heavy atom. The summed E-state index contributed by atoms with van der Waals surface area (Å²) in [5.41, 5.74) is 2.18. The summed E-state index contributed by atoms with van der Waals surface area (Å²) in [7, 11) is 0. The van der Waals surface area contributed by atoms with Crippen LogP contribution in [0.1, 0.15) is 25.7 Å². The summed E-state index contributed by atoms with van der Waals surface area (Å²) in [6.45, 7) is 1.97. The Morgan fingerprint density at radius 1 is 1.45 bits per heavy atom. The fourth-order valence-corrected chi connectivity index (χ4v) is 3.40. The summed E-state index contributed by atoms with van der Waals surface area (Å²) in [5.74, 6) is 0. The molecule has 0 unspecified atom stereocenters. The summed E-state index contributed by atoms with van der Waals surface area (Å²) in [4.78, 5) is 4.45. The molecule has 0 spiro atoms. The summed E-state index contributed by atoms with van der Waals surface area (Å²) in [6, 6.07) is 6.41. The molecule has 2 atom stereocenters. The Kier molecular flexibility index (Phi) is 4.38. The highest BCUT2D eigenvalue weighted by atomic mass is 79.9. The second kappa shape index (κ2) is 6.24. The lowest BCUT2D eigenvalue weighted by Gasteiger charge is -2.29. The largest absolute Gasteiger partial charge is 0.392 e. The molecule has 3 rings (SSSR count). The number of fused-ring (bicyclic) bond motifs is 1. The van der Waals surface area contributed by atoms with Gasteiger partial charge in [0, 0.05) is 17.1 Å². The zero-order valence-corrected chi connectivity index (χ0v) is 13.0. The quantitative estimate of drug-likeness (QED) is 0.901. The minimum absolute atomic E-state index is 0.183. The molecule has 5 heteroatoms. The highest BCUT2D eigenvalue weighted by Gasteiger charge is 2.21. The van der Waals surface area contributed by atoms with Crippen molar-refractivity contribution in [1.82, 2.24) is 14.9 Å². The van der Waals surface area contributed by atoms with Crippen LogP contribution in [0.5, 0.6) is 0 Å². The molecule has 1 aliphatic rings. The van der Waals surface area contributed by atoms with Gasteiger partial charge in [-0.3, -0.25) is 0 Å². The standard InChI is InChI=1S/C15H20BrN3O/c16-11-4-1-6-13-15(11)18-10-19(13)9-3-5-12-14(20)7-2-8-17-12/h1,4,6,10,12,14,17,20H,2-3,5,7-9H2/t12-,14+/m1/s1. The number of halogens is 1. The van der Waals surface area contributed by atoms with Crippen molar-refractivity contribution in [3.63, 3.8) is 0 Å². The van der Waals surface area contributed by atoms with Crippen LogP contribution in [0.4, 0.5) is 0 Å². The maximum atomic E-state index is 9.95. The van der Waals surface area contributed by atoms with Crippen LogP contribution < -0.4 is 5.32 Å². The number of hydrogen-bond acceptors (Lipinski definition) is 3. The predicted molar refractivity (Wildman–Crippen MR) is 83.7 cm³/mol. The first-order chi connectivity index (χ1) is 9.75. The van der Waals surface area contributed by atoms with Gasteiger partial charge in [0.1, 0.15) is 5.52 Å². The van der Waals surface area contributed by atoms with Gasteiger partial charge < -0.3 is 15.0 Å². The molecule has 1 saturated heterocycles. The zero-order valence-electron chi connectivity index (χ0n) is 11.4. The number of aromatic nitrogens is 2. The van der Waals surface area contributed by atoms with Crippen molar-refractivity contribution in [2.75, 3.05) is 6.54 Å². The van der Waals surface area contributed by atoms with Crippen LogP contribution in [0, 0.1) is 0 Å². The number of aryl methyl sites for hydroxylation is 1. The van der Waals surface area contributed by atoms with Crippen LogP contribution in [-0.2, 0) is 6.54 Å². The van der Waals surface area contributed by atoms with Crippen molar-refractivity contribution in [1.29, 1.82) is 0 Å². The van der Waals surface area contributed by atoms with Crippen molar-refractivity contribution >= 4 is 27.0 Å². The molecule has 4 nitrogen and oxygen atoms in total. The van der Waals surface area contributed by atoms with Gasteiger partial charge in [-0.1, -0.05) is 6.07 Å². The van der Waals surface area contributed by atoms with Gasteiger partial charge in [0.2, 0.25) is 0 Å². The molecular formula is C15H20BrN3O. The summed E-state index contributed by atoms with van der Waals surface area (Å²) in [5, 5.41) is 13.4. The second-order valence-electron chi connectivity index (χ2n) is 5.46. The monoisotopic (exact) mass is 337 g/mol. The van der Waals surface area contributed by atoms with Gasteiger partial charge in [0.15, 0.2) is 0 Å². The number of imidazole rings is 1. The molecule has 0 amide bonds. The third kappa shape index (κ3) is 2.90. The Balaban J connectivity index is 1.61. The Hall–Kier alpha value is -0.910. The first-order valence-electron chi connectivity index (χ1n) is 7.26. The van der Waals surface area contributed by atoms with Crippen LogP contribution in [0.2, 0.25) is 0 Å². The molecule has 2 heterocycles. The maximum absolute atomic E-state index is 9.95. The normalized spacial score (nSPS) is 23.3. The number of nitrogens with zero attached hydrogens (tertiary/aromatic N) is 2. The van der Waals surface area contributed by atoms with E-state index in [0.29, 0.717) is 0 Å². The number of hydrogen-bond donors (Lipinski definition) is 2. The van der Waals surface area contributed by atoms with Crippen LogP contribution in [-0.4, -0.2) is 33.3 Å². The van der Waals surface area contributed by atoms with E-state index < -0.39 is 0 Å². The molecule has 0 aliphatic carbocycles. The van der Waals surface area contributed by atoms with Gasteiger partial charge in [0.05, 0.1) is 17.9 Å². The van der Waals surface area contributed by atoms with E-state index in [-0.39, 0.29) is 12.1 Å². The van der Waals surface area contributed by atoms with Gasteiger partial charge in [-0.15, -0.1) is 0 Å². The topological polar surface area (TPSA) is 50.1 Å². The smallest absolute Gasteiger partial charge is 0.103 e. The molecule has 108 valence electrons. The minimum Gasteiger partial charge on any atom is -0.392 e. The molecule has 1 aliphatic heterocycles. The number of benzene rings is 1. The molecular weight excluding hydrogens is 318 g/mol. The molecule has 2 aromatic rings. The number of para-hydroxylation sites is 1. The molecule has 0 radical (unpaired) electrons. The van der Waals surface area contributed by atoms with E-state index in [9.17, 15) is 5.11 Å². The van der Waals surface area contributed by atoms with Crippen LogP contribution >= 0.6 is 15.9 Å². The number of piperidine rings is 1. The molecule has 0 bridgehead atoms. The average molecular weight is 338 g/mol. The van der Waals surface area contributed by atoms with Gasteiger partial charge in [-0.05, 0) is 60.3 Å². The summed E-state index contributed by atoms with van der Waals surface area (Å²) in [6.07, 6.45) is 5.79. The number of aliphatic hydroxyl groups excluding tert-OH is 1. The van der Waals surface area contributed by atoms with Gasteiger partial charge >= 0.3 is 0 Å². The molecule has 2 N–H and O–H groups in total. The fraction of sp³-hybridized carbons (Fsp3) is 0.533. The van der Waals surface area contributed by atoms with E-state index in [1.807, 2.05) is 18.5 Å². The Labute approximate surface area is 127 Å². The number of nitrogens with one attached hydrogen (secondary N) is 1. The first-order valence-corrected chi connectivity index (χ1v) is 8.06. The number of rotatable bonds is 4. The van der Waals surface area contributed by atoms with E-state index in [1.54, 1.807) is 0 Å². The third-order valence-corrected chi connectivity index (χ3v) is 4.70. The van der Waals surface area contributed by atoms with E-state index >= 15 is 0 Å². The molecule has 1 aromatic heterocycles. The second-order valence-corrected chi connectivity index (χ2v) is 6.31.